The summed E-state index contributed by atoms with van der Waals surface area (Å²) in [5.74, 6) is -0.365. The van der Waals surface area contributed by atoms with Gasteiger partial charge in [-0.2, -0.15) is 0 Å². The number of hydrogen-bond donors (Lipinski definition) is 1. The number of nitrogens with two attached hydrogens (primary N) is 1. The first-order valence-corrected chi connectivity index (χ1v) is 9.00. The molecule has 9 heteroatoms. The molecule has 0 radical (unpaired) electrons. The fraction of sp³-hybridized carbons (Fsp3) is 0.417. The van der Waals surface area contributed by atoms with Crippen LogP contribution in [0.1, 0.15) is 12.8 Å². The molecule has 0 saturated carbocycles. The minimum atomic E-state index is -3.69. The van der Waals surface area contributed by atoms with Crippen molar-refractivity contribution in [3.8, 4) is 0 Å². The van der Waals surface area contributed by atoms with Crippen LogP contribution in [0.5, 0.6) is 0 Å². The van der Waals surface area contributed by atoms with Crippen LogP contribution >= 0.6 is 31.9 Å². The van der Waals surface area contributed by atoms with Gasteiger partial charge in [-0.25, -0.2) is 12.7 Å². The first kappa shape index (κ1) is 18.4. The smallest absolute Gasteiger partial charge is 0.305 e. The highest BCUT2D eigenvalue weighted by Crippen LogP contribution is 2.34. The van der Waals surface area contributed by atoms with Crippen molar-refractivity contribution in [1.82, 2.24) is 4.31 Å². The number of benzene rings is 1. The Bertz CT molecular complexity index is 611. The van der Waals surface area contributed by atoms with Crippen LogP contribution in [0.25, 0.3) is 0 Å². The molecule has 0 heterocycles. The van der Waals surface area contributed by atoms with E-state index < -0.39 is 10.0 Å². The Kier molecular flexibility index (Phi) is 6.64. The number of nitrogens with zero attached hydrogens (tertiary/aromatic N) is 1. The van der Waals surface area contributed by atoms with E-state index in [-0.39, 0.29) is 23.8 Å². The van der Waals surface area contributed by atoms with Crippen LogP contribution < -0.4 is 5.73 Å². The molecule has 6 nitrogen and oxygen atoms in total. The zero-order chi connectivity index (χ0) is 16.2. The summed E-state index contributed by atoms with van der Waals surface area (Å²) in [7, 11) is -0.933. The van der Waals surface area contributed by atoms with Crippen molar-refractivity contribution in [2.75, 3.05) is 26.4 Å². The van der Waals surface area contributed by atoms with Gasteiger partial charge in [0.1, 0.15) is 4.90 Å². The van der Waals surface area contributed by atoms with E-state index in [0.717, 1.165) is 0 Å². The Morgan fingerprint density at radius 1 is 1.33 bits per heavy atom. The average molecular weight is 444 g/mol. The first-order valence-electron chi connectivity index (χ1n) is 5.97. The van der Waals surface area contributed by atoms with Crippen molar-refractivity contribution >= 4 is 53.5 Å². The molecule has 1 aromatic rings. The molecule has 0 fully saturated rings. The van der Waals surface area contributed by atoms with Crippen molar-refractivity contribution < 1.29 is 17.9 Å². The molecule has 0 saturated heterocycles. The van der Waals surface area contributed by atoms with Gasteiger partial charge in [-0.05, 0) is 50.4 Å². The summed E-state index contributed by atoms with van der Waals surface area (Å²) < 4.78 is 31.6. The van der Waals surface area contributed by atoms with Gasteiger partial charge < -0.3 is 10.5 Å². The van der Waals surface area contributed by atoms with Crippen LogP contribution in [0.2, 0.25) is 0 Å². The van der Waals surface area contributed by atoms with E-state index in [4.69, 9.17) is 5.73 Å². The molecule has 1 rings (SSSR count). The number of esters is 1. The molecular weight excluding hydrogens is 428 g/mol. The van der Waals surface area contributed by atoms with E-state index in [0.29, 0.717) is 21.1 Å². The molecule has 0 amide bonds. The van der Waals surface area contributed by atoms with Crippen molar-refractivity contribution in [3.63, 3.8) is 0 Å². The summed E-state index contributed by atoms with van der Waals surface area (Å²) in [6, 6.07) is 3.06. The molecule has 0 aliphatic carbocycles. The molecule has 2 N–H and O–H groups in total. The molecule has 0 atom stereocenters. The number of hydrogen-bond acceptors (Lipinski definition) is 5. The van der Waals surface area contributed by atoms with Crippen LogP contribution in [-0.2, 0) is 19.6 Å². The highest BCUT2D eigenvalue weighted by molar-refractivity contribution is 9.11. The maximum Gasteiger partial charge on any atom is 0.305 e. The maximum absolute atomic E-state index is 12.5. The molecule has 1 aromatic carbocycles. The maximum atomic E-state index is 12.5. The molecule has 0 unspecified atom stereocenters. The standard InChI is InChI=1S/C12H16Br2N2O4S/c1-16(5-3-4-11(17)20-2)21(18,19)12-9(13)6-8(15)7-10(12)14/h6-7H,3-5,15H2,1-2H3. The van der Waals surface area contributed by atoms with Crippen molar-refractivity contribution in [2.24, 2.45) is 0 Å². The van der Waals surface area contributed by atoms with E-state index in [9.17, 15) is 13.2 Å². The lowest BCUT2D eigenvalue weighted by atomic mass is 10.3. The quantitative estimate of drug-likeness (QED) is 0.538. The van der Waals surface area contributed by atoms with Gasteiger partial charge in [0.25, 0.3) is 0 Å². The Morgan fingerprint density at radius 2 is 1.86 bits per heavy atom. The number of halogens is 2. The molecule has 0 bridgehead atoms. The Labute approximate surface area is 140 Å². The minimum Gasteiger partial charge on any atom is -0.469 e. The van der Waals surface area contributed by atoms with Gasteiger partial charge in [0.15, 0.2) is 0 Å². The summed E-state index contributed by atoms with van der Waals surface area (Å²) in [5.41, 5.74) is 6.10. The zero-order valence-corrected chi connectivity index (χ0v) is 15.6. The summed E-state index contributed by atoms with van der Waals surface area (Å²) in [6.07, 6.45) is 0.549. The summed E-state index contributed by atoms with van der Waals surface area (Å²) >= 11 is 6.43. The van der Waals surface area contributed by atoms with Crippen molar-refractivity contribution in [1.29, 1.82) is 0 Å². The van der Waals surface area contributed by atoms with Gasteiger partial charge in [-0.1, -0.05) is 0 Å². The van der Waals surface area contributed by atoms with Gasteiger partial charge in [0.2, 0.25) is 10.0 Å². The van der Waals surface area contributed by atoms with E-state index in [1.54, 1.807) is 0 Å². The highest BCUT2D eigenvalue weighted by atomic mass is 79.9. The van der Waals surface area contributed by atoms with Crippen molar-refractivity contribution in [2.45, 2.75) is 17.7 Å². The molecular formula is C12H16Br2N2O4S. The van der Waals surface area contributed by atoms with E-state index in [1.165, 1.54) is 30.6 Å². The topological polar surface area (TPSA) is 89.7 Å². The van der Waals surface area contributed by atoms with E-state index in [1.807, 2.05) is 0 Å². The second-order valence-corrected chi connectivity index (χ2v) is 8.01. The predicted molar refractivity (Wildman–Crippen MR) is 87.3 cm³/mol. The van der Waals surface area contributed by atoms with Crippen LogP contribution in [0, 0.1) is 0 Å². The number of carbonyl (C=O) groups is 1. The van der Waals surface area contributed by atoms with E-state index >= 15 is 0 Å². The third kappa shape index (κ3) is 4.67. The molecule has 118 valence electrons. The highest BCUT2D eigenvalue weighted by Gasteiger charge is 2.26. The van der Waals surface area contributed by atoms with Crippen molar-refractivity contribution in [3.05, 3.63) is 21.1 Å². The molecule has 0 aromatic heterocycles. The average Bonchev–Trinajstić information content (AvgIpc) is 2.36. The number of rotatable bonds is 6. The van der Waals surface area contributed by atoms with Gasteiger partial charge >= 0.3 is 5.97 Å². The minimum absolute atomic E-state index is 0.109. The van der Waals surface area contributed by atoms with E-state index in [2.05, 4.69) is 36.6 Å². The normalized spacial score (nSPS) is 11.7. The third-order valence-corrected chi connectivity index (χ3v) is 6.51. The summed E-state index contributed by atoms with van der Waals surface area (Å²) in [5, 5.41) is 0. The molecule has 0 spiro atoms. The zero-order valence-electron chi connectivity index (χ0n) is 11.6. The fourth-order valence-corrected chi connectivity index (χ4v) is 5.39. The fourth-order valence-electron chi connectivity index (χ4n) is 1.65. The summed E-state index contributed by atoms with van der Waals surface area (Å²) in [6.45, 7) is 0.209. The SMILES string of the molecule is COC(=O)CCCN(C)S(=O)(=O)c1c(Br)cc(N)cc1Br. The predicted octanol–water partition coefficient (Wildman–Crippen LogP) is 2.37. The first-order chi connectivity index (χ1) is 9.70. The third-order valence-electron chi connectivity index (χ3n) is 2.77. The Hall–Kier alpha value is -0.640. The van der Waals surface area contributed by atoms with Crippen LogP contribution in [0.3, 0.4) is 0 Å². The van der Waals surface area contributed by atoms with Crippen LogP contribution in [0.15, 0.2) is 26.0 Å². The van der Waals surface area contributed by atoms with Gasteiger partial charge in [-0.3, -0.25) is 4.79 Å². The lowest BCUT2D eigenvalue weighted by Crippen LogP contribution is -2.29. The monoisotopic (exact) mass is 442 g/mol. The summed E-state index contributed by atoms with van der Waals surface area (Å²) in [4.78, 5) is 11.1. The number of sulfonamides is 1. The van der Waals surface area contributed by atoms with Gasteiger partial charge in [0, 0.05) is 34.6 Å². The number of methoxy groups -OCH3 is 1. The lowest BCUT2D eigenvalue weighted by molar-refractivity contribution is -0.140. The number of ether oxygens (including phenoxy) is 1. The number of nitrogen functional groups attached to an aromatic ring is 1. The second kappa shape index (κ2) is 7.57. The lowest BCUT2D eigenvalue weighted by Gasteiger charge is -2.19. The van der Waals surface area contributed by atoms with Crippen LogP contribution in [0.4, 0.5) is 5.69 Å². The number of carbonyl (C=O) groups excluding carboxylic acids is 1. The Morgan fingerprint density at radius 3 is 2.33 bits per heavy atom. The van der Waals surface area contributed by atoms with Gasteiger partial charge in [0.05, 0.1) is 7.11 Å². The second-order valence-electron chi connectivity index (χ2n) is 4.32. The van der Waals surface area contributed by atoms with Crippen LogP contribution in [-0.4, -0.2) is 39.4 Å². The largest absolute Gasteiger partial charge is 0.469 e. The number of anilines is 1. The van der Waals surface area contributed by atoms with Gasteiger partial charge in [-0.15, -0.1) is 0 Å². The molecule has 0 aliphatic heterocycles. The molecule has 0 aliphatic rings. The Balaban J connectivity index is 2.93. The molecule has 21 heavy (non-hydrogen) atoms.